The first kappa shape index (κ1) is 20.1. The number of aromatic nitrogens is 4. The van der Waals surface area contributed by atoms with Gasteiger partial charge in [-0.25, -0.2) is 9.97 Å². The fraction of sp³-hybridized carbons (Fsp3) is 0.364. The number of piperidine rings is 1. The molecule has 1 aliphatic rings. The van der Waals surface area contributed by atoms with Crippen LogP contribution in [0.4, 0.5) is 0 Å². The van der Waals surface area contributed by atoms with Crippen molar-refractivity contribution in [1.82, 2.24) is 24.0 Å². The summed E-state index contributed by atoms with van der Waals surface area (Å²) in [7, 11) is 0. The van der Waals surface area contributed by atoms with E-state index in [0.717, 1.165) is 44.5 Å². The summed E-state index contributed by atoms with van der Waals surface area (Å²) in [6.07, 6.45) is 5.46. The number of carbonyl (C=O) groups is 1. The predicted octanol–water partition coefficient (Wildman–Crippen LogP) is 3.86. The number of hydrogen-bond acceptors (Lipinski definition) is 6. The number of hydrogen-bond donors (Lipinski definition) is 0. The molecule has 1 aliphatic heterocycles. The molecule has 1 saturated heterocycles. The molecule has 3 aromatic heterocycles. The maximum Gasteiger partial charge on any atom is 0.309 e. The molecule has 4 heterocycles. The van der Waals surface area contributed by atoms with Gasteiger partial charge < -0.3 is 9.47 Å². The van der Waals surface area contributed by atoms with Crippen molar-refractivity contribution in [3.8, 4) is 0 Å². The van der Waals surface area contributed by atoms with Gasteiger partial charge in [-0.3, -0.25) is 14.2 Å². The van der Waals surface area contributed by atoms with Crippen LogP contribution in [0.3, 0.4) is 0 Å². The molecule has 0 N–H and O–H groups in total. The van der Waals surface area contributed by atoms with Gasteiger partial charge in [0, 0.05) is 31.4 Å². The van der Waals surface area contributed by atoms with Crippen LogP contribution in [0.5, 0.6) is 0 Å². The van der Waals surface area contributed by atoms with Crippen molar-refractivity contribution in [2.75, 3.05) is 13.1 Å². The molecule has 1 fully saturated rings. The van der Waals surface area contributed by atoms with Crippen LogP contribution in [0.15, 0.2) is 41.5 Å². The molecular formula is C22H23N5O2S2. The second-order valence-corrected chi connectivity index (χ2v) is 10.1. The Morgan fingerprint density at radius 1 is 1.16 bits per heavy atom. The van der Waals surface area contributed by atoms with E-state index in [1.54, 1.807) is 10.8 Å². The van der Waals surface area contributed by atoms with Crippen LogP contribution in [0.1, 0.15) is 45.0 Å². The van der Waals surface area contributed by atoms with Crippen LogP contribution in [0.25, 0.3) is 10.2 Å². The van der Waals surface area contributed by atoms with E-state index in [2.05, 4.69) is 14.5 Å². The van der Waals surface area contributed by atoms with Crippen molar-refractivity contribution in [2.24, 2.45) is 0 Å². The summed E-state index contributed by atoms with van der Waals surface area (Å²) < 4.78 is 4.87. The Balaban J connectivity index is 1.32. The zero-order valence-electron chi connectivity index (χ0n) is 17.4. The van der Waals surface area contributed by atoms with Gasteiger partial charge in [-0.05, 0) is 38.8 Å². The Labute approximate surface area is 187 Å². The molecule has 7 nitrogen and oxygen atoms in total. The van der Waals surface area contributed by atoms with E-state index in [1.165, 1.54) is 22.7 Å². The lowest BCUT2D eigenvalue weighted by Crippen LogP contribution is -2.38. The van der Waals surface area contributed by atoms with Crippen molar-refractivity contribution in [3.63, 3.8) is 0 Å². The predicted molar refractivity (Wildman–Crippen MR) is 123 cm³/mol. The van der Waals surface area contributed by atoms with Crippen molar-refractivity contribution in [2.45, 2.75) is 39.3 Å². The van der Waals surface area contributed by atoms with Crippen LogP contribution in [-0.2, 0) is 6.67 Å². The molecule has 1 amide bonds. The van der Waals surface area contributed by atoms with E-state index in [1.807, 2.05) is 49.2 Å². The number of fused-ring (bicyclic) bond motifs is 1. The topological polar surface area (TPSA) is 73.0 Å². The minimum atomic E-state index is 0.0384. The van der Waals surface area contributed by atoms with Crippen molar-refractivity contribution >= 4 is 38.8 Å². The highest BCUT2D eigenvalue weighted by Gasteiger charge is 2.28. The number of amides is 1. The zero-order valence-corrected chi connectivity index (χ0v) is 19.1. The van der Waals surface area contributed by atoms with E-state index in [0.29, 0.717) is 19.8 Å². The summed E-state index contributed by atoms with van der Waals surface area (Å²) in [6.45, 7) is 5.69. The normalized spacial score (nSPS) is 15.1. The first-order chi connectivity index (χ1) is 15.0. The highest BCUT2D eigenvalue weighted by molar-refractivity contribution is 7.16. The lowest BCUT2D eigenvalue weighted by Gasteiger charge is -2.31. The summed E-state index contributed by atoms with van der Waals surface area (Å²) in [5.74, 6) is 1.34. The summed E-state index contributed by atoms with van der Waals surface area (Å²) in [5, 5.41) is 0.925. The van der Waals surface area contributed by atoms with E-state index in [-0.39, 0.29) is 16.7 Å². The number of carbonyl (C=O) groups excluding carboxylic acids is 1. The molecular weight excluding hydrogens is 430 g/mol. The second-order valence-electron chi connectivity index (χ2n) is 7.87. The molecule has 0 radical (unpaired) electrons. The maximum absolute atomic E-state index is 12.9. The third-order valence-electron chi connectivity index (χ3n) is 5.86. The fourth-order valence-electron chi connectivity index (χ4n) is 4.31. The van der Waals surface area contributed by atoms with E-state index < -0.39 is 0 Å². The third-order valence-corrected chi connectivity index (χ3v) is 7.88. The summed E-state index contributed by atoms with van der Waals surface area (Å²) in [5.41, 5.74) is 1.77. The number of imidazole rings is 1. The quantitative estimate of drug-likeness (QED) is 0.470. The number of aryl methyl sites for hydroxylation is 2. The van der Waals surface area contributed by atoms with Crippen molar-refractivity contribution < 1.29 is 4.79 Å². The van der Waals surface area contributed by atoms with Crippen LogP contribution >= 0.6 is 22.7 Å². The Bertz CT molecular complexity index is 1310. The van der Waals surface area contributed by atoms with E-state index in [9.17, 15) is 9.59 Å². The Morgan fingerprint density at radius 2 is 1.94 bits per heavy atom. The molecule has 1 aromatic carbocycles. The average molecular weight is 454 g/mol. The molecule has 31 heavy (non-hydrogen) atoms. The molecule has 0 saturated carbocycles. The molecule has 4 aromatic rings. The number of nitrogens with zero attached hydrogens (tertiary/aromatic N) is 5. The number of likely N-dealkylation sites (tertiary alicyclic amines) is 1. The molecule has 0 unspecified atom stereocenters. The van der Waals surface area contributed by atoms with Gasteiger partial charge in [-0.1, -0.05) is 23.5 Å². The van der Waals surface area contributed by atoms with Gasteiger partial charge in [0.05, 0.1) is 20.9 Å². The van der Waals surface area contributed by atoms with Crippen LogP contribution in [-0.4, -0.2) is 43.0 Å². The second kappa shape index (κ2) is 8.05. The Morgan fingerprint density at radius 3 is 2.68 bits per heavy atom. The SMILES string of the molecule is Cc1nc(C)c(C(=O)N2CCC(c3nccn3Cn3c(=O)sc4ccccc43)CC2)s1. The maximum atomic E-state index is 12.9. The molecule has 0 spiro atoms. The molecule has 0 aliphatic carbocycles. The molecule has 9 heteroatoms. The lowest BCUT2D eigenvalue weighted by molar-refractivity contribution is 0.0714. The van der Waals surface area contributed by atoms with Gasteiger partial charge in [-0.15, -0.1) is 11.3 Å². The van der Waals surface area contributed by atoms with Crippen molar-refractivity contribution in [3.05, 3.63) is 67.7 Å². The first-order valence-corrected chi connectivity index (χ1v) is 12.0. The standard InChI is InChI=1S/C22H23N5O2S2/c1-14-19(30-15(2)24-14)21(28)25-10-7-16(8-11-25)20-23-9-12-26(20)13-27-17-5-3-4-6-18(17)31-22(27)29/h3-6,9,12,16H,7-8,10-11,13H2,1-2H3. The van der Waals surface area contributed by atoms with Gasteiger partial charge >= 0.3 is 4.87 Å². The average Bonchev–Trinajstić information content (AvgIpc) is 3.45. The number of rotatable bonds is 4. The summed E-state index contributed by atoms with van der Waals surface area (Å²) in [4.78, 5) is 37.2. The summed E-state index contributed by atoms with van der Waals surface area (Å²) in [6, 6.07) is 7.87. The van der Waals surface area contributed by atoms with E-state index >= 15 is 0 Å². The Kier molecular flexibility index (Phi) is 5.23. The van der Waals surface area contributed by atoms with Gasteiger partial charge in [0.2, 0.25) is 0 Å². The minimum absolute atomic E-state index is 0.0384. The number of benzene rings is 1. The van der Waals surface area contributed by atoms with Crippen LogP contribution in [0, 0.1) is 13.8 Å². The lowest BCUT2D eigenvalue weighted by atomic mass is 9.95. The largest absolute Gasteiger partial charge is 0.338 e. The number of thiazole rings is 2. The highest BCUT2D eigenvalue weighted by atomic mass is 32.1. The van der Waals surface area contributed by atoms with Crippen LogP contribution < -0.4 is 4.87 Å². The first-order valence-electron chi connectivity index (χ1n) is 10.3. The van der Waals surface area contributed by atoms with Crippen molar-refractivity contribution in [1.29, 1.82) is 0 Å². The molecule has 160 valence electrons. The Hall–Kier alpha value is -2.78. The summed E-state index contributed by atoms with van der Waals surface area (Å²) >= 11 is 2.74. The van der Waals surface area contributed by atoms with E-state index in [4.69, 9.17) is 0 Å². The third kappa shape index (κ3) is 3.72. The molecule has 5 rings (SSSR count). The van der Waals surface area contributed by atoms with Crippen LogP contribution in [0.2, 0.25) is 0 Å². The minimum Gasteiger partial charge on any atom is -0.338 e. The van der Waals surface area contributed by atoms with Gasteiger partial charge in [0.1, 0.15) is 17.4 Å². The molecule has 0 bridgehead atoms. The number of para-hydroxylation sites is 1. The van der Waals surface area contributed by atoms with Gasteiger partial charge in [-0.2, -0.15) is 0 Å². The fourth-order valence-corrected chi connectivity index (χ4v) is 6.09. The smallest absolute Gasteiger partial charge is 0.309 e. The monoisotopic (exact) mass is 453 g/mol. The molecule has 0 atom stereocenters. The van der Waals surface area contributed by atoms with Gasteiger partial charge in [0.25, 0.3) is 5.91 Å². The zero-order chi connectivity index (χ0) is 21.5. The highest BCUT2D eigenvalue weighted by Crippen LogP contribution is 2.29. The van der Waals surface area contributed by atoms with Gasteiger partial charge in [0.15, 0.2) is 0 Å².